The van der Waals surface area contributed by atoms with E-state index < -0.39 is 24.3 Å². The van der Waals surface area contributed by atoms with Gasteiger partial charge in [-0.15, -0.1) is 5.10 Å². The molecule has 0 bridgehead atoms. The summed E-state index contributed by atoms with van der Waals surface area (Å²) in [4.78, 5) is 10.6. The molecule has 0 aliphatic heterocycles. The van der Waals surface area contributed by atoms with Crippen LogP contribution in [0.5, 0.6) is 0 Å². The molecule has 0 aliphatic carbocycles. The number of hydrazone groups is 1. The number of anilines is 2. The molecule has 0 spiro atoms. The molecule has 10 heteroatoms. The zero-order chi connectivity index (χ0) is 19.3. The molecule has 26 heavy (non-hydrogen) atoms. The van der Waals surface area contributed by atoms with Crippen molar-refractivity contribution >= 4 is 23.2 Å². The minimum absolute atomic E-state index is 0.0937. The van der Waals surface area contributed by atoms with Gasteiger partial charge in [-0.1, -0.05) is 18.2 Å². The van der Waals surface area contributed by atoms with Crippen LogP contribution < -0.4 is 16.9 Å². The number of nitrogens with zero attached hydrogens (tertiary/aromatic N) is 2. The van der Waals surface area contributed by atoms with E-state index in [-0.39, 0.29) is 11.5 Å². The third-order valence-electron chi connectivity index (χ3n) is 3.21. The number of carboxylic acid groups (broad SMARTS) is 1. The van der Waals surface area contributed by atoms with Crippen molar-refractivity contribution < 1.29 is 23.1 Å². The smallest absolute Gasteiger partial charge is 0.416 e. The molecule has 0 atom stereocenters. The number of carboxylic acids is 1. The summed E-state index contributed by atoms with van der Waals surface area (Å²) in [5.74, 6) is 4.13. The maximum atomic E-state index is 12.8. The van der Waals surface area contributed by atoms with E-state index in [0.29, 0.717) is 16.4 Å². The van der Waals surface area contributed by atoms with Crippen LogP contribution >= 0.6 is 0 Å². The summed E-state index contributed by atoms with van der Waals surface area (Å²) in [6, 6.07) is 11.1. The normalized spacial score (nSPS) is 11.9. The summed E-state index contributed by atoms with van der Waals surface area (Å²) in [5, 5.41) is 15.9. The molecule has 0 saturated carbocycles. The molecule has 0 heterocycles. The highest BCUT2D eigenvalue weighted by Gasteiger charge is 2.30. The molecule has 2 rings (SSSR count). The monoisotopic (exact) mass is 367 g/mol. The van der Waals surface area contributed by atoms with Crippen LogP contribution in [0.1, 0.15) is 11.1 Å². The number of carbonyl (C=O) groups is 1. The van der Waals surface area contributed by atoms with Gasteiger partial charge >= 0.3 is 12.1 Å². The van der Waals surface area contributed by atoms with Crippen LogP contribution in [0.3, 0.4) is 0 Å². The molecule has 0 amide bonds. The van der Waals surface area contributed by atoms with Crippen molar-refractivity contribution in [2.45, 2.75) is 6.18 Å². The lowest BCUT2D eigenvalue weighted by Crippen LogP contribution is -2.34. The first-order valence-electron chi connectivity index (χ1n) is 7.28. The highest BCUT2D eigenvalue weighted by atomic mass is 19.4. The zero-order valence-corrected chi connectivity index (χ0v) is 13.4. The van der Waals surface area contributed by atoms with Gasteiger partial charge in [0.25, 0.3) is 0 Å². The Kier molecular flexibility index (Phi) is 5.68. The number of aliphatic carboxylic acids is 1. The number of hydrogen-bond acceptors (Lipinski definition) is 5. The summed E-state index contributed by atoms with van der Waals surface area (Å²) in [5.41, 5.74) is 5.99. The first-order chi connectivity index (χ1) is 12.2. The third-order valence-corrected chi connectivity index (χ3v) is 3.21. The van der Waals surface area contributed by atoms with Gasteiger partial charge in [0.2, 0.25) is 0 Å². The molecule has 2 aromatic rings. The predicted octanol–water partition coefficient (Wildman–Crippen LogP) is 2.33. The van der Waals surface area contributed by atoms with Crippen molar-refractivity contribution in [2.24, 2.45) is 16.7 Å². The number of amidine groups is 1. The molecular formula is C16H16F3N5O2. The quantitative estimate of drug-likeness (QED) is 0.269. The van der Waals surface area contributed by atoms with Crippen molar-refractivity contribution in [3.05, 3.63) is 59.7 Å². The Balaban J connectivity index is 2.30. The van der Waals surface area contributed by atoms with Gasteiger partial charge < -0.3 is 16.2 Å². The van der Waals surface area contributed by atoms with E-state index >= 15 is 0 Å². The molecule has 0 fully saturated rings. The Morgan fingerprint density at radius 1 is 1.19 bits per heavy atom. The predicted molar refractivity (Wildman–Crippen MR) is 90.4 cm³/mol. The second-order valence-corrected chi connectivity index (χ2v) is 5.23. The zero-order valence-electron chi connectivity index (χ0n) is 13.4. The molecule has 0 aromatic heterocycles. The lowest BCUT2D eigenvalue weighted by molar-refractivity contribution is -0.138. The van der Waals surface area contributed by atoms with Crippen molar-refractivity contribution in [1.82, 2.24) is 5.12 Å². The van der Waals surface area contributed by atoms with Crippen LogP contribution in [-0.2, 0) is 11.0 Å². The van der Waals surface area contributed by atoms with Gasteiger partial charge in [-0.05, 0) is 30.3 Å². The molecule has 6 N–H and O–H groups in total. The van der Waals surface area contributed by atoms with Crippen molar-refractivity contribution in [1.29, 1.82) is 0 Å². The number of halogens is 3. The first-order valence-corrected chi connectivity index (χ1v) is 7.28. The molecule has 2 aromatic carbocycles. The average molecular weight is 367 g/mol. The molecule has 0 aliphatic rings. The van der Waals surface area contributed by atoms with Gasteiger partial charge in [0, 0.05) is 16.9 Å². The number of nitrogens with one attached hydrogen (secondary N) is 1. The standard InChI is InChI=1S/C16H16F3N5O2/c17-16(18,19)10-4-3-5-11(8-10)22-13-7-2-1-6-12(13)15(20)23-24(21)9-14(25)26/h1-8,22H,9,21H2,(H2,20,23)(H,25,26). The summed E-state index contributed by atoms with van der Waals surface area (Å²) in [6.07, 6.45) is -4.46. The fourth-order valence-corrected chi connectivity index (χ4v) is 2.11. The summed E-state index contributed by atoms with van der Waals surface area (Å²) < 4.78 is 38.5. The highest BCUT2D eigenvalue weighted by Crippen LogP contribution is 2.31. The summed E-state index contributed by atoms with van der Waals surface area (Å²) in [7, 11) is 0. The van der Waals surface area contributed by atoms with Crippen LogP contribution in [-0.4, -0.2) is 28.6 Å². The van der Waals surface area contributed by atoms with Crippen LogP contribution in [0.4, 0.5) is 24.5 Å². The van der Waals surface area contributed by atoms with E-state index in [9.17, 15) is 18.0 Å². The number of benzene rings is 2. The van der Waals surface area contributed by atoms with E-state index in [1.165, 1.54) is 12.1 Å². The number of hydrazine groups is 1. The Morgan fingerprint density at radius 2 is 1.88 bits per heavy atom. The summed E-state index contributed by atoms with van der Waals surface area (Å²) in [6.45, 7) is -0.566. The van der Waals surface area contributed by atoms with Gasteiger partial charge in [0.15, 0.2) is 12.4 Å². The van der Waals surface area contributed by atoms with E-state index in [0.717, 1.165) is 12.1 Å². The molecule has 0 unspecified atom stereocenters. The van der Waals surface area contributed by atoms with Gasteiger partial charge in [-0.2, -0.15) is 13.2 Å². The Hall–Kier alpha value is -3.27. The lowest BCUT2D eigenvalue weighted by Gasteiger charge is -2.15. The Labute approximate surface area is 146 Å². The number of nitrogens with two attached hydrogens (primary N) is 2. The van der Waals surface area contributed by atoms with Gasteiger partial charge in [-0.25, -0.2) is 11.0 Å². The van der Waals surface area contributed by atoms with E-state index in [4.69, 9.17) is 16.7 Å². The lowest BCUT2D eigenvalue weighted by atomic mass is 10.1. The minimum Gasteiger partial charge on any atom is -0.480 e. The minimum atomic E-state index is -4.46. The fourth-order valence-electron chi connectivity index (χ4n) is 2.11. The molecule has 7 nitrogen and oxygen atoms in total. The van der Waals surface area contributed by atoms with Crippen LogP contribution in [0.25, 0.3) is 0 Å². The number of alkyl halides is 3. The highest BCUT2D eigenvalue weighted by molar-refractivity contribution is 6.02. The second kappa shape index (κ2) is 7.74. The average Bonchev–Trinajstić information content (AvgIpc) is 2.54. The Bertz CT molecular complexity index is 824. The van der Waals surface area contributed by atoms with E-state index in [2.05, 4.69) is 10.4 Å². The van der Waals surface area contributed by atoms with Crippen molar-refractivity contribution in [3.63, 3.8) is 0 Å². The first kappa shape index (κ1) is 19.1. The molecule has 138 valence electrons. The van der Waals surface area contributed by atoms with Gasteiger partial charge in [-0.3, -0.25) is 4.79 Å². The van der Waals surface area contributed by atoms with Crippen LogP contribution in [0.15, 0.2) is 53.6 Å². The third kappa shape index (κ3) is 5.11. The maximum absolute atomic E-state index is 12.8. The number of hydrogen-bond donors (Lipinski definition) is 4. The summed E-state index contributed by atoms with van der Waals surface area (Å²) >= 11 is 0. The van der Waals surface area contributed by atoms with Crippen molar-refractivity contribution in [3.8, 4) is 0 Å². The maximum Gasteiger partial charge on any atom is 0.416 e. The van der Waals surface area contributed by atoms with E-state index in [1.54, 1.807) is 24.3 Å². The topological polar surface area (TPSA) is 117 Å². The van der Waals surface area contributed by atoms with Gasteiger partial charge in [0.05, 0.1) is 5.56 Å². The molecular weight excluding hydrogens is 351 g/mol. The molecule has 0 saturated heterocycles. The van der Waals surface area contributed by atoms with Crippen LogP contribution in [0, 0.1) is 0 Å². The largest absolute Gasteiger partial charge is 0.480 e. The number of rotatable bonds is 6. The van der Waals surface area contributed by atoms with Crippen molar-refractivity contribution in [2.75, 3.05) is 11.9 Å². The van der Waals surface area contributed by atoms with Gasteiger partial charge in [0.1, 0.15) is 0 Å². The van der Waals surface area contributed by atoms with E-state index in [1.807, 2.05) is 0 Å². The van der Waals surface area contributed by atoms with Crippen LogP contribution in [0.2, 0.25) is 0 Å². The number of para-hydroxylation sites is 1. The SMILES string of the molecule is N/C(=N\N(N)CC(=O)O)c1ccccc1Nc1cccc(C(F)(F)F)c1. The Morgan fingerprint density at radius 3 is 2.54 bits per heavy atom. The second-order valence-electron chi connectivity index (χ2n) is 5.23. The molecule has 0 radical (unpaired) electrons. The fraction of sp³-hybridized carbons (Fsp3) is 0.125.